The second-order valence-corrected chi connectivity index (χ2v) is 11.9. The number of benzene rings is 1. The molecule has 2 aliphatic heterocycles. The van der Waals surface area contributed by atoms with Crippen LogP contribution in [0.25, 0.3) is 0 Å². The number of likely N-dealkylation sites (tertiary alicyclic amines) is 1. The first-order valence-electron chi connectivity index (χ1n) is 11.3. The summed E-state index contributed by atoms with van der Waals surface area (Å²) in [6, 6.07) is 7.22. The molecule has 1 saturated carbocycles. The normalized spacial score (nSPS) is 29.6. The van der Waals surface area contributed by atoms with Crippen molar-refractivity contribution < 1.29 is 13.2 Å². The van der Waals surface area contributed by atoms with Crippen molar-refractivity contribution >= 4 is 27.4 Å². The molecule has 5 rings (SSSR count). The maximum absolute atomic E-state index is 13.1. The van der Waals surface area contributed by atoms with Crippen LogP contribution in [0, 0.1) is 17.3 Å². The number of sulfonamides is 1. The summed E-state index contributed by atoms with van der Waals surface area (Å²) >= 11 is 5.76. The highest BCUT2D eigenvalue weighted by atomic mass is 32.2. The van der Waals surface area contributed by atoms with Crippen molar-refractivity contribution in [2.24, 2.45) is 17.3 Å². The third kappa shape index (κ3) is 3.98. The number of ether oxygens (including phenoxy) is 1. The zero-order chi connectivity index (χ0) is 21.6. The number of methoxy groups -OCH3 is 1. The minimum Gasteiger partial charge on any atom is -0.497 e. The summed E-state index contributed by atoms with van der Waals surface area (Å²) in [5, 5.41) is 4.51. The summed E-state index contributed by atoms with van der Waals surface area (Å²) in [6.07, 6.45) is 10.00. The summed E-state index contributed by atoms with van der Waals surface area (Å²) in [4.78, 5) is 2.62. The summed E-state index contributed by atoms with van der Waals surface area (Å²) in [7, 11) is -1.95. The molecule has 0 amide bonds. The van der Waals surface area contributed by atoms with Crippen molar-refractivity contribution in [2.75, 3.05) is 33.3 Å². The number of hydrogen-bond acceptors (Lipinski definition) is 4. The second kappa shape index (κ2) is 8.05. The van der Waals surface area contributed by atoms with E-state index in [1.807, 2.05) is 0 Å². The number of thiocarbonyl (C=S) groups is 1. The molecule has 4 aliphatic rings. The molecule has 0 radical (unpaired) electrons. The average Bonchev–Trinajstić information content (AvgIpc) is 3.51. The molecule has 8 heteroatoms. The maximum Gasteiger partial charge on any atom is 0.243 e. The topological polar surface area (TPSA) is 61.9 Å². The van der Waals surface area contributed by atoms with E-state index in [4.69, 9.17) is 17.0 Å². The van der Waals surface area contributed by atoms with E-state index in [1.165, 1.54) is 12.8 Å². The van der Waals surface area contributed by atoms with Gasteiger partial charge in [0, 0.05) is 38.3 Å². The number of fused-ring (bicyclic) bond motifs is 2. The molecule has 168 valence electrons. The quantitative estimate of drug-likeness (QED) is 0.549. The first kappa shape index (κ1) is 21.2. The maximum atomic E-state index is 13.1. The van der Waals surface area contributed by atoms with Gasteiger partial charge in [0.15, 0.2) is 5.11 Å². The molecule has 3 atom stereocenters. The van der Waals surface area contributed by atoms with Crippen LogP contribution in [0.4, 0.5) is 0 Å². The van der Waals surface area contributed by atoms with Crippen molar-refractivity contribution in [3.63, 3.8) is 0 Å². The van der Waals surface area contributed by atoms with Gasteiger partial charge in [0.05, 0.1) is 12.0 Å². The van der Waals surface area contributed by atoms with Gasteiger partial charge < -0.3 is 15.0 Å². The fourth-order valence-electron chi connectivity index (χ4n) is 5.82. The molecule has 2 heterocycles. The van der Waals surface area contributed by atoms with Crippen LogP contribution in [0.5, 0.6) is 5.75 Å². The Labute approximate surface area is 190 Å². The number of rotatable bonds is 4. The molecule has 1 spiro atoms. The van der Waals surface area contributed by atoms with Crippen molar-refractivity contribution in [2.45, 2.75) is 43.0 Å². The van der Waals surface area contributed by atoms with Crippen LogP contribution in [-0.4, -0.2) is 62.1 Å². The molecule has 3 fully saturated rings. The third-order valence-corrected chi connectivity index (χ3v) is 10.0. The molecule has 1 aromatic carbocycles. The number of piperidine rings is 1. The Morgan fingerprint density at radius 3 is 2.61 bits per heavy atom. The van der Waals surface area contributed by atoms with Crippen molar-refractivity contribution in [1.29, 1.82) is 0 Å². The predicted molar refractivity (Wildman–Crippen MR) is 124 cm³/mol. The lowest BCUT2D eigenvalue weighted by molar-refractivity contribution is 0.166. The van der Waals surface area contributed by atoms with Gasteiger partial charge in [-0.05, 0) is 73.7 Å². The highest BCUT2D eigenvalue weighted by Crippen LogP contribution is 2.42. The van der Waals surface area contributed by atoms with Crippen LogP contribution in [0.2, 0.25) is 0 Å². The van der Waals surface area contributed by atoms with Crippen LogP contribution in [0.3, 0.4) is 0 Å². The summed E-state index contributed by atoms with van der Waals surface area (Å²) in [6.45, 7) is 3.02. The Morgan fingerprint density at radius 1 is 1.16 bits per heavy atom. The fourth-order valence-corrected chi connectivity index (χ4v) is 7.61. The number of nitrogens with one attached hydrogen (secondary N) is 1. The molecular weight excluding hydrogens is 430 g/mol. The van der Waals surface area contributed by atoms with Gasteiger partial charge in [0.1, 0.15) is 5.75 Å². The molecule has 1 N–H and O–H groups in total. The highest BCUT2D eigenvalue weighted by molar-refractivity contribution is 7.89. The van der Waals surface area contributed by atoms with Gasteiger partial charge in [0.25, 0.3) is 0 Å². The Hall–Kier alpha value is -1.64. The van der Waals surface area contributed by atoms with Gasteiger partial charge in [0.2, 0.25) is 10.0 Å². The van der Waals surface area contributed by atoms with E-state index in [9.17, 15) is 8.42 Å². The van der Waals surface area contributed by atoms with Crippen LogP contribution >= 0.6 is 12.2 Å². The van der Waals surface area contributed by atoms with E-state index in [-0.39, 0.29) is 5.41 Å². The standard InChI is InChI=1S/C23H31N3O3S2/c1-29-19-3-2-4-20(15-19)31(27,28)26-11-8-23(9-12-26)7-10-25(16-23)22(30)24-21-14-17-5-6-18(21)13-17/h2-6,15,17-18,21H,7-14,16H2,1H3,(H,24,30). The molecular formula is C23H31N3O3S2. The highest BCUT2D eigenvalue weighted by Gasteiger charge is 2.44. The zero-order valence-corrected chi connectivity index (χ0v) is 19.6. The van der Waals surface area contributed by atoms with Crippen molar-refractivity contribution in [1.82, 2.24) is 14.5 Å². The lowest BCUT2D eigenvalue weighted by atomic mass is 9.78. The number of allylic oxidation sites excluding steroid dienone is 1. The summed E-state index contributed by atoms with van der Waals surface area (Å²) in [5.74, 6) is 1.92. The fraction of sp³-hybridized carbons (Fsp3) is 0.609. The minimum atomic E-state index is -3.50. The first-order chi connectivity index (χ1) is 14.9. The van der Waals surface area contributed by atoms with Gasteiger partial charge >= 0.3 is 0 Å². The molecule has 2 bridgehead atoms. The lowest BCUT2D eigenvalue weighted by Crippen LogP contribution is -2.47. The van der Waals surface area contributed by atoms with Crippen LogP contribution in [0.15, 0.2) is 41.3 Å². The molecule has 1 aromatic rings. The Bertz CT molecular complexity index is 986. The SMILES string of the molecule is COc1cccc(S(=O)(=O)N2CCC3(CCN(C(=S)NC4CC5C=CC4C5)C3)CC2)c1. The van der Waals surface area contributed by atoms with E-state index in [0.29, 0.717) is 35.7 Å². The Kier molecular flexibility index (Phi) is 5.51. The smallest absolute Gasteiger partial charge is 0.243 e. The summed E-state index contributed by atoms with van der Waals surface area (Å²) in [5.41, 5.74) is 0.167. The Balaban J connectivity index is 1.18. The van der Waals surface area contributed by atoms with Gasteiger partial charge in [-0.3, -0.25) is 0 Å². The second-order valence-electron chi connectivity index (χ2n) is 9.59. The van der Waals surface area contributed by atoms with Gasteiger partial charge in [-0.1, -0.05) is 18.2 Å². The molecule has 31 heavy (non-hydrogen) atoms. The lowest BCUT2D eigenvalue weighted by Gasteiger charge is -2.39. The molecule has 2 saturated heterocycles. The Morgan fingerprint density at radius 2 is 1.94 bits per heavy atom. The van der Waals surface area contributed by atoms with Crippen LogP contribution in [0.1, 0.15) is 32.1 Å². The molecule has 2 aliphatic carbocycles. The monoisotopic (exact) mass is 461 g/mol. The zero-order valence-electron chi connectivity index (χ0n) is 18.0. The van der Waals surface area contributed by atoms with Gasteiger partial charge in [-0.2, -0.15) is 4.31 Å². The number of hydrogen-bond donors (Lipinski definition) is 1. The van der Waals surface area contributed by atoms with E-state index < -0.39 is 10.0 Å². The number of nitrogens with zero attached hydrogens (tertiary/aromatic N) is 2. The minimum absolute atomic E-state index is 0.167. The molecule has 3 unspecified atom stereocenters. The molecule has 6 nitrogen and oxygen atoms in total. The molecule has 0 aromatic heterocycles. The average molecular weight is 462 g/mol. The third-order valence-electron chi connectivity index (χ3n) is 7.78. The van der Waals surface area contributed by atoms with Crippen molar-refractivity contribution in [3.05, 3.63) is 36.4 Å². The first-order valence-corrected chi connectivity index (χ1v) is 13.1. The van der Waals surface area contributed by atoms with E-state index in [1.54, 1.807) is 35.7 Å². The van der Waals surface area contributed by atoms with Crippen LogP contribution < -0.4 is 10.1 Å². The van der Waals surface area contributed by atoms with E-state index in [2.05, 4.69) is 22.4 Å². The van der Waals surface area contributed by atoms with E-state index in [0.717, 1.165) is 43.4 Å². The predicted octanol–water partition coefficient (Wildman–Crippen LogP) is 3.01. The summed E-state index contributed by atoms with van der Waals surface area (Å²) < 4.78 is 33.1. The van der Waals surface area contributed by atoms with Gasteiger partial charge in [-0.15, -0.1) is 0 Å². The van der Waals surface area contributed by atoms with Crippen molar-refractivity contribution in [3.8, 4) is 5.75 Å². The van der Waals surface area contributed by atoms with Gasteiger partial charge in [-0.25, -0.2) is 8.42 Å². The van der Waals surface area contributed by atoms with Crippen LogP contribution in [-0.2, 0) is 10.0 Å². The largest absolute Gasteiger partial charge is 0.497 e. The van der Waals surface area contributed by atoms with E-state index >= 15 is 0 Å².